The number of carbonyl (C=O) groups is 1. The lowest BCUT2D eigenvalue weighted by atomic mass is 9.94. The van der Waals surface area contributed by atoms with Crippen molar-refractivity contribution in [3.8, 4) is 5.75 Å². The lowest BCUT2D eigenvalue weighted by Crippen LogP contribution is -2.40. The van der Waals surface area contributed by atoms with Gasteiger partial charge >= 0.3 is 0 Å². The molecule has 0 aromatic heterocycles. The fourth-order valence-corrected chi connectivity index (χ4v) is 2.83. The van der Waals surface area contributed by atoms with E-state index in [2.05, 4.69) is 0 Å². The van der Waals surface area contributed by atoms with E-state index in [-0.39, 0.29) is 18.3 Å². The number of phenols is 1. The molecule has 1 fully saturated rings. The number of piperidine rings is 1. The Balaban J connectivity index is 2.08. The first kappa shape index (κ1) is 14.6. The number of nitrogens with zero attached hydrogens (tertiary/aromatic N) is 1. The van der Waals surface area contributed by atoms with Gasteiger partial charge in [0, 0.05) is 25.3 Å². The van der Waals surface area contributed by atoms with Crippen molar-refractivity contribution in [2.45, 2.75) is 19.3 Å². The van der Waals surface area contributed by atoms with E-state index >= 15 is 0 Å². The van der Waals surface area contributed by atoms with Crippen molar-refractivity contribution in [3.05, 3.63) is 27.3 Å². The number of phenolic OH excluding ortho intramolecular Hbond substituents is 1. The summed E-state index contributed by atoms with van der Waals surface area (Å²) in [5.74, 6) is 0.504. The minimum atomic E-state index is -0.0330. The van der Waals surface area contributed by atoms with E-state index in [4.69, 9.17) is 5.11 Å². The van der Waals surface area contributed by atoms with Crippen LogP contribution in [0.5, 0.6) is 5.75 Å². The first-order chi connectivity index (χ1) is 9.11. The smallest absolute Gasteiger partial charge is 0.253 e. The van der Waals surface area contributed by atoms with Crippen molar-refractivity contribution in [2.24, 2.45) is 5.92 Å². The van der Waals surface area contributed by atoms with Gasteiger partial charge in [0.1, 0.15) is 5.75 Å². The molecule has 1 heterocycles. The summed E-state index contributed by atoms with van der Waals surface area (Å²) < 4.78 is 0.742. The molecule has 1 unspecified atom stereocenters. The molecule has 4 nitrogen and oxygen atoms in total. The Kier molecular flexibility index (Phi) is 5.04. The van der Waals surface area contributed by atoms with E-state index in [0.717, 1.165) is 29.4 Å². The third kappa shape index (κ3) is 3.60. The summed E-state index contributed by atoms with van der Waals surface area (Å²) in [7, 11) is 0. The highest BCUT2D eigenvalue weighted by Crippen LogP contribution is 2.24. The molecule has 0 saturated carbocycles. The topological polar surface area (TPSA) is 60.8 Å². The van der Waals surface area contributed by atoms with E-state index in [1.165, 1.54) is 6.07 Å². The molecule has 1 amide bonds. The minimum absolute atomic E-state index is 0.0330. The number of aliphatic hydroxyl groups excluding tert-OH is 1. The first-order valence-electron chi connectivity index (χ1n) is 6.50. The second kappa shape index (κ2) is 6.56. The van der Waals surface area contributed by atoms with Gasteiger partial charge in [-0.05, 0) is 66.0 Å². The molecular formula is C14H18INO3. The largest absolute Gasteiger partial charge is 0.507 e. The van der Waals surface area contributed by atoms with Crippen molar-refractivity contribution < 1.29 is 15.0 Å². The molecule has 0 aliphatic carbocycles. The Morgan fingerprint density at radius 1 is 1.47 bits per heavy atom. The van der Waals surface area contributed by atoms with Crippen molar-refractivity contribution >= 4 is 28.5 Å². The Bertz CT molecular complexity index is 462. The predicted octanol–water partition coefficient (Wildman–Crippen LogP) is 2.23. The lowest BCUT2D eigenvalue weighted by molar-refractivity contribution is 0.0653. The zero-order valence-corrected chi connectivity index (χ0v) is 12.8. The average Bonchev–Trinajstić information content (AvgIpc) is 2.42. The van der Waals surface area contributed by atoms with Gasteiger partial charge in [0.25, 0.3) is 5.91 Å². The maximum atomic E-state index is 12.4. The normalized spacial score (nSPS) is 19.5. The zero-order chi connectivity index (χ0) is 13.8. The van der Waals surface area contributed by atoms with Gasteiger partial charge in [-0.3, -0.25) is 4.79 Å². The molecule has 1 aliphatic rings. The molecule has 104 valence electrons. The number of amides is 1. The molecule has 1 aliphatic heterocycles. The van der Waals surface area contributed by atoms with E-state index in [0.29, 0.717) is 18.0 Å². The van der Waals surface area contributed by atoms with Gasteiger partial charge < -0.3 is 15.1 Å². The summed E-state index contributed by atoms with van der Waals surface area (Å²) in [6, 6.07) is 5.03. The highest BCUT2D eigenvalue weighted by molar-refractivity contribution is 14.1. The Hall–Kier alpha value is -0.820. The van der Waals surface area contributed by atoms with Crippen LogP contribution in [0.4, 0.5) is 0 Å². The molecular weight excluding hydrogens is 357 g/mol. The summed E-state index contributed by atoms with van der Waals surface area (Å²) in [6.07, 6.45) is 2.80. The van der Waals surface area contributed by atoms with Gasteiger partial charge in [0.05, 0.1) is 3.57 Å². The second-order valence-electron chi connectivity index (χ2n) is 4.94. The molecule has 1 aromatic rings. The van der Waals surface area contributed by atoms with Crippen LogP contribution >= 0.6 is 22.6 Å². The fourth-order valence-electron chi connectivity index (χ4n) is 2.50. The number of aromatic hydroxyl groups is 1. The molecule has 1 saturated heterocycles. The van der Waals surface area contributed by atoms with Crippen LogP contribution in [0, 0.1) is 9.49 Å². The third-order valence-corrected chi connectivity index (χ3v) is 4.45. The number of halogens is 1. The summed E-state index contributed by atoms with van der Waals surface area (Å²) in [4.78, 5) is 14.2. The van der Waals surface area contributed by atoms with Crippen molar-refractivity contribution in [1.29, 1.82) is 0 Å². The van der Waals surface area contributed by atoms with Gasteiger partial charge in [-0.2, -0.15) is 0 Å². The summed E-state index contributed by atoms with van der Waals surface area (Å²) in [5, 5.41) is 18.7. The summed E-state index contributed by atoms with van der Waals surface area (Å²) in [5.41, 5.74) is 0.530. The standard InChI is InChI=1S/C14H18INO3/c15-12-4-3-11(8-13(12)18)14(19)16-6-1-2-10(9-16)5-7-17/h3-4,8,10,17-18H,1-2,5-7,9H2. The molecule has 0 radical (unpaired) electrons. The number of likely N-dealkylation sites (tertiary alicyclic amines) is 1. The Morgan fingerprint density at radius 2 is 2.26 bits per heavy atom. The monoisotopic (exact) mass is 375 g/mol. The molecule has 2 rings (SSSR count). The second-order valence-corrected chi connectivity index (χ2v) is 6.10. The number of aliphatic hydroxyl groups is 1. The van der Waals surface area contributed by atoms with Crippen LogP contribution in [0.15, 0.2) is 18.2 Å². The molecule has 5 heteroatoms. The predicted molar refractivity (Wildman–Crippen MR) is 81.2 cm³/mol. The lowest BCUT2D eigenvalue weighted by Gasteiger charge is -2.32. The van der Waals surface area contributed by atoms with E-state index in [1.54, 1.807) is 12.1 Å². The average molecular weight is 375 g/mol. The molecule has 0 spiro atoms. The number of hydrogen-bond acceptors (Lipinski definition) is 3. The summed E-state index contributed by atoms with van der Waals surface area (Å²) >= 11 is 2.03. The number of benzene rings is 1. The van der Waals surface area contributed by atoms with Gasteiger partial charge in [-0.25, -0.2) is 0 Å². The van der Waals surface area contributed by atoms with Crippen LogP contribution in [0.25, 0.3) is 0 Å². The van der Waals surface area contributed by atoms with Crippen LogP contribution in [0.1, 0.15) is 29.6 Å². The fraction of sp³-hybridized carbons (Fsp3) is 0.500. The van der Waals surface area contributed by atoms with Crippen LogP contribution in [-0.4, -0.2) is 40.7 Å². The van der Waals surface area contributed by atoms with Gasteiger partial charge in [-0.1, -0.05) is 0 Å². The number of carbonyl (C=O) groups excluding carboxylic acids is 1. The highest BCUT2D eigenvalue weighted by atomic mass is 127. The van der Waals surface area contributed by atoms with E-state index in [9.17, 15) is 9.90 Å². The van der Waals surface area contributed by atoms with Crippen LogP contribution < -0.4 is 0 Å². The van der Waals surface area contributed by atoms with Gasteiger partial charge in [0.2, 0.25) is 0 Å². The Morgan fingerprint density at radius 3 is 2.95 bits per heavy atom. The molecule has 2 N–H and O–H groups in total. The van der Waals surface area contributed by atoms with Crippen LogP contribution in [0.3, 0.4) is 0 Å². The summed E-state index contributed by atoms with van der Waals surface area (Å²) in [6.45, 7) is 1.64. The number of hydrogen-bond donors (Lipinski definition) is 2. The van der Waals surface area contributed by atoms with Crippen LogP contribution in [0.2, 0.25) is 0 Å². The highest BCUT2D eigenvalue weighted by Gasteiger charge is 2.24. The van der Waals surface area contributed by atoms with E-state index in [1.807, 2.05) is 27.5 Å². The quantitative estimate of drug-likeness (QED) is 0.797. The SMILES string of the molecule is O=C(c1ccc(I)c(O)c1)N1CCCC(CCO)C1. The van der Waals surface area contributed by atoms with Crippen molar-refractivity contribution in [3.63, 3.8) is 0 Å². The van der Waals surface area contributed by atoms with Gasteiger partial charge in [-0.15, -0.1) is 0 Å². The molecule has 1 atom stereocenters. The van der Waals surface area contributed by atoms with Crippen LogP contribution in [-0.2, 0) is 0 Å². The third-order valence-electron chi connectivity index (χ3n) is 3.54. The molecule has 0 bridgehead atoms. The maximum Gasteiger partial charge on any atom is 0.253 e. The van der Waals surface area contributed by atoms with E-state index < -0.39 is 0 Å². The van der Waals surface area contributed by atoms with Gasteiger partial charge in [0.15, 0.2) is 0 Å². The maximum absolute atomic E-state index is 12.4. The first-order valence-corrected chi connectivity index (χ1v) is 7.58. The number of rotatable bonds is 3. The minimum Gasteiger partial charge on any atom is -0.507 e. The Labute approximate surface area is 126 Å². The van der Waals surface area contributed by atoms with Crippen molar-refractivity contribution in [2.75, 3.05) is 19.7 Å². The zero-order valence-electron chi connectivity index (χ0n) is 10.7. The molecule has 19 heavy (non-hydrogen) atoms. The molecule has 1 aromatic carbocycles. The van der Waals surface area contributed by atoms with Crippen molar-refractivity contribution in [1.82, 2.24) is 4.90 Å².